The number of halogens is 1. The summed E-state index contributed by atoms with van der Waals surface area (Å²) in [7, 11) is 0. The molecule has 0 aliphatic carbocycles. The molecule has 0 saturated carbocycles. The first kappa shape index (κ1) is 9.86. The first-order chi connectivity index (χ1) is 7.18. The third-order valence-corrected chi connectivity index (χ3v) is 2.95. The zero-order valence-electron chi connectivity index (χ0n) is 7.61. The first-order valence-electron chi connectivity index (χ1n) is 4.25. The molecular weight excluding hydrogens is 215 g/mol. The summed E-state index contributed by atoms with van der Waals surface area (Å²) in [4.78, 5) is 11.4. The van der Waals surface area contributed by atoms with Crippen LogP contribution in [0.25, 0.3) is 10.4 Å². The fourth-order valence-electron chi connectivity index (χ4n) is 1.33. The van der Waals surface area contributed by atoms with Crippen LogP contribution in [0, 0.1) is 5.82 Å². The molecule has 2 rings (SSSR count). The second-order valence-electron chi connectivity index (χ2n) is 2.98. The Morgan fingerprint density at radius 3 is 2.80 bits per heavy atom. The van der Waals surface area contributed by atoms with Crippen LogP contribution in [0.3, 0.4) is 0 Å². The van der Waals surface area contributed by atoms with E-state index in [0.29, 0.717) is 10.4 Å². The van der Waals surface area contributed by atoms with Gasteiger partial charge in [0, 0.05) is 4.88 Å². The van der Waals surface area contributed by atoms with Gasteiger partial charge in [-0.05, 0) is 29.1 Å². The van der Waals surface area contributed by atoms with E-state index in [4.69, 9.17) is 5.11 Å². The van der Waals surface area contributed by atoms with E-state index >= 15 is 0 Å². The molecule has 15 heavy (non-hydrogen) atoms. The average molecular weight is 222 g/mol. The van der Waals surface area contributed by atoms with Gasteiger partial charge in [-0.2, -0.15) is 0 Å². The molecule has 76 valence electrons. The van der Waals surface area contributed by atoms with Crippen LogP contribution in [-0.2, 0) is 0 Å². The van der Waals surface area contributed by atoms with Crippen LogP contribution in [0.15, 0.2) is 35.7 Å². The molecule has 1 N–H and O–H groups in total. The minimum absolute atomic E-state index is 0.214. The summed E-state index contributed by atoms with van der Waals surface area (Å²) in [6.07, 6.45) is 0. The smallest absolute Gasteiger partial charge is 0.337 e. The van der Waals surface area contributed by atoms with E-state index in [2.05, 4.69) is 0 Å². The maximum absolute atomic E-state index is 12.9. The molecule has 2 aromatic rings. The lowest BCUT2D eigenvalue weighted by molar-refractivity contribution is 0.0698. The Kier molecular flexibility index (Phi) is 2.51. The summed E-state index contributed by atoms with van der Waals surface area (Å²) in [5.74, 6) is -1.35. The molecule has 0 spiro atoms. The number of aromatic carboxylic acids is 1. The predicted molar refractivity (Wildman–Crippen MR) is 56.7 cm³/mol. The zero-order chi connectivity index (χ0) is 10.8. The second-order valence-corrected chi connectivity index (χ2v) is 3.90. The lowest BCUT2D eigenvalue weighted by Crippen LogP contribution is -1.95. The van der Waals surface area contributed by atoms with Crippen molar-refractivity contribution < 1.29 is 14.3 Å². The zero-order valence-corrected chi connectivity index (χ0v) is 8.42. The average Bonchev–Trinajstić information content (AvgIpc) is 2.65. The van der Waals surface area contributed by atoms with Crippen molar-refractivity contribution in [1.29, 1.82) is 0 Å². The molecule has 1 heterocycles. The maximum Gasteiger partial charge on any atom is 0.337 e. The molecule has 2 nitrogen and oxygen atoms in total. The highest BCUT2D eigenvalue weighted by Crippen LogP contribution is 2.29. The number of hydrogen-bond acceptors (Lipinski definition) is 2. The number of thiophene rings is 1. The van der Waals surface area contributed by atoms with E-state index in [-0.39, 0.29) is 11.4 Å². The van der Waals surface area contributed by atoms with Crippen molar-refractivity contribution in [2.75, 3.05) is 0 Å². The minimum atomic E-state index is -0.990. The van der Waals surface area contributed by atoms with Gasteiger partial charge in [-0.25, -0.2) is 9.18 Å². The molecule has 1 aromatic heterocycles. The molecule has 0 aliphatic rings. The molecule has 0 fully saturated rings. The van der Waals surface area contributed by atoms with E-state index in [9.17, 15) is 9.18 Å². The summed E-state index contributed by atoms with van der Waals surface area (Å²) in [5.41, 5.74) is 0.813. The van der Waals surface area contributed by atoms with E-state index < -0.39 is 5.97 Å². The normalized spacial score (nSPS) is 10.2. The van der Waals surface area contributed by atoms with E-state index in [0.717, 1.165) is 0 Å². The number of carbonyl (C=O) groups is 1. The van der Waals surface area contributed by atoms with Gasteiger partial charge in [0.25, 0.3) is 0 Å². The Labute approximate surface area is 89.6 Å². The van der Waals surface area contributed by atoms with Crippen molar-refractivity contribution >= 4 is 17.3 Å². The number of hydrogen-bond donors (Lipinski definition) is 1. The van der Waals surface area contributed by atoms with Gasteiger partial charge in [-0.1, -0.05) is 12.1 Å². The number of carboxylic acids is 1. The molecule has 4 heteroatoms. The molecule has 0 amide bonds. The Morgan fingerprint density at radius 2 is 2.13 bits per heavy atom. The van der Waals surface area contributed by atoms with E-state index in [1.54, 1.807) is 17.5 Å². The van der Waals surface area contributed by atoms with Gasteiger partial charge in [-0.15, -0.1) is 11.3 Å². The van der Waals surface area contributed by atoms with Crippen LogP contribution in [0.4, 0.5) is 4.39 Å². The molecule has 0 radical (unpaired) electrons. The topological polar surface area (TPSA) is 37.3 Å². The van der Waals surface area contributed by atoms with Crippen molar-refractivity contribution in [3.63, 3.8) is 0 Å². The SMILES string of the molecule is O=C(O)c1ccsc1-c1cccc(F)c1. The summed E-state index contributed by atoms with van der Waals surface area (Å²) in [5, 5.41) is 10.6. The van der Waals surface area contributed by atoms with Crippen LogP contribution >= 0.6 is 11.3 Å². The summed E-state index contributed by atoms with van der Waals surface area (Å²) < 4.78 is 12.9. The summed E-state index contributed by atoms with van der Waals surface area (Å²) in [6.45, 7) is 0. The fourth-order valence-corrected chi connectivity index (χ4v) is 2.22. The van der Waals surface area contributed by atoms with Crippen LogP contribution in [0.5, 0.6) is 0 Å². The monoisotopic (exact) mass is 222 g/mol. The third-order valence-electron chi connectivity index (χ3n) is 1.98. The van der Waals surface area contributed by atoms with Crippen molar-refractivity contribution in [2.45, 2.75) is 0 Å². The van der Waals surface area contributed by atoms with Crippen molar-refractivity contribution in [3.05, 3.63) is 47.1 Å². The van der Waals surface area contributed by atoms with Gasteiger partial charge >= 0.3 is 5.97 Å². The molecule has 1 aromatic carbocycles. The minimum Gasteiger partial charge on any atom is -0.478 e. The highest BCUT2D eigenvalue weighted by Gasteiger charge is 2.12. The van der Waals surface area contributed by atoms with Crippen LogP contribution in [-0.4, -0.2) is 11.1 Å². The quantitative estimate of drug-likeness (QED) is 0.846. The van der Waals surface area contributed by atoms with Gasteiger partial charge in [0.15, 0.2) is 0 Å². The lowest BCUT2D eigenvalue weighted by atomic mass is 10.1. The lowest BCUT2D eigenvalue weighted by Gasteiger charge is -1.99. The van der Waals surface area contributed by atoms with Gasteiger partial charge in [-0.3, -0.25) is 0 Å². The summed E-state index contributed by atoms with van der Waals surface area (Å²) in [6, 6.07) is 7.44. The maximum atomic E-state index is 12.9. The molecule has 0 atom stereocenters. The number of carboxylic acid groups (broad SMARTS) is 1. The largest absolute Gasteiger partial charge is 0.478 e. The Bertz CT molecular complexity index is 505. The Morgan fingerprint density at radius 1 is 1.33 bits per heavy atom. The summed E-state index contributed by atoms with van der Waals surface area (Å²) >= 11 is 1.29. The van der Waals surface area contributed by atoms with Crippen LogP contribution < -0.4 is 0 Å². The second kappa shape index (κ2) is 3.82. The molecule has 0 bridgehead atoms. The van der Waals surface area contributed by atoms with Gasteiger partial charge < -0.3 is 5.11 Å². The van der Waals surface area contributed by atoms with E-state index in [1.165, 1.54) is 29.5 Å². The molecule has 0 aliphatic heterocycles. The molecule has 0 unspecified atom stereocenters. The van der Waals surface area contributed by atoms with E-state index in [1.807, 2.05) is 0 Å². The first-order valence-corrected chi connectivity index (χ1v) is 5.13. The standard InChI is InChI=1S/C11H7FO2S/c12-8-3-1-2-7(6-8)10-9(11(13)14)4-5-15-10/h1-6H,(H,13,14). The molecule has 0 saturated heterocycles. The predicted octanol–water partition coefficient (Wildman–Crippen LogP) is 3.25. The van der Waals surface area contributed by atoms with Crippen molar-refractivity contribution in [3.8, 4) is 10.4 Å². The van der Waals surface area contributed by atoms with Crippen LogP contribution in [0.1, 0.15) is 10.4 Å². The highest BCUT2D eigenvalue weighted by molar-refractivity contribution is 7.14. The van der Waals surface area contributed by atoms with Gasteiger partial charge in [0.2, 0.25) is 0 Å². The van der Waals surface area contributed by atoms with Crippen molar-refractivity contribution in [1.82, 2.24) is 0 Å². The van der Waals surface area contributed by atoms with Crippen molar-refractivity contribution in [2.24, 2.45) is 0 Å². The highest BCUT2D eigenvalue weighted by atomic mass is 32.1. The number of benzene rings is 1. The Hall–Kier alpha value is -1.68. The van der Waals surface area contributed by atoms with Crippen LogP contribution in [0.2, 0.25) is 0 Å². The molecular formula is C11H7FO2S. The van der Waals surface area contributed by atoms with Gasteiger partial charge in [0.1, 0.15) is 5.82 Å². The Balaban J connectivity index is 2.54. The van der Waals surface area contributed by atoms with Gasteiger partial charge in [0.05, 0.1) is 5.56 Å². The third kappa shape index (κ3) is 1.89. The fraction of sp³-hybridized carbons (Fsp3) is 0. The number of rotatable bonds is 2.